The average Bonchev–Trinajstić information content (AvgIpc) is 2.64. The first-order chi connectivity index (χ1) is 13.3. The maximum atomic E-state index is 12.0. The maximum absolute atomic E-state index is 12.0. The molecule has 0 aromatic heterocycles. The van der Waals surface area contributed by atoms with Crippen LogP contribution in [0, 0.1) is 0 Å². The first-order valence-corrected chi connectivity index (χ1v) is 9.11. The molecule has 0 aliphatic carbocycles. The molecule has 0 spiro atoms. The number of hydrogen-bond donors (Lipinski definition) is 3. The summed E-state index contributed by atoms with van der Waals surface area (Å²) in [6.45, 7) is 3.45. The predicted octanol–water partition coefficient (Wildman–Crippen LogP) is 2.97. The first-order valence-electron chi connectivity index (χ1n) is 8.35. The van der Waals surface area contributed by atoms with E-state index >= 15 is 0 Å². The molecule has 0 saturated heterocycles. The standard InChI is InChI=1S/C19H19Cl2N3O4/c1-11(2)28-14-6-3-12(4-7-14)18(26)24-23-17(25)10-22-19(27)15-8-5-13(20)9-16(15)21/h3-9,11H,10H2,1-2H3,(H,22,27)(H,23,25)(H,24,26). The summed E-state index contributed by atoms with van der Waals surface area (Å²) < 4.78 is 5.49. The Kier molecular flexibility index (Phi) is 7.66. The minimum absolute atomic E-state index is 0.0249. The molecule has 0 saturated carbocycles. The number of ether oxygens (including phenoxy) is 1. The highest BCUT2D eigenvalue weighted by molar-refractivity contribution is 6.36. The van der Waals surface area contributed by atoms with Gasteiger partial charge in [-0.2, -0.15) is 0 Å². The fraction of sp³-hybridized carbons (Fsp3) is 0.211. The number of hydrazine groups is 1. The summed E-state index contributed by atoms with van der Waals surface area (Å²) in [7, 11) is 0. The van der Waals surface area contributed by atoms with Crippen LogP contribution in [0.2, 0.25) is 10.0 Å². The second-order valence-corrected chi connectivity index (χ2v) is 6.84. The first kappa shape index (κ1) is 21.5. The van der Waals surface area contributed by atoms with Crippen LogP contribution < -0.4 is 20.9 Å². The van der Waals surface area contributed by atoms with Gasteiger partial charge in [-0.3, -0.25) is 25.2 Å². The molecular weight excluding hydrogens is 405 g/mol. The van der Waals surface area contributed by atoms with Crippen LogP contribution >= 0.6 is 23.2 Å². The molecule has 148 valence electrons. The van der Waals surface area contributed by atoms with Crippen LogP contribution in [0.15, 0.2) is 42.5 Å². The molecule has 0 aliphatic rings. The summed E-state index contributed by atoms with van der Waals surface area (Å²) >= 11 is 11.7. The maximum Gasteiger partial charge on any atom is 0.269 e. The van der Waals surface area contributed by atoms with Crippen molar-refractivity contribution in [3.05, 3.63) is 63.6 Å². The van der Waals surface area contributed by atoms with Crippen LogP contribution in [0.1, 0.15) is 34.6 Å². The van der Waals surface area contributed by atoms with Gasteiger partial charge in [0.15, 0.2) is 0 Å². The minimum Gasteiger partial charge on any atom is -0.491 e. The molecule has 0 aliphatic heterocycles. The Bertz CT molecular complexity index is 870. The van der Waals surface area contributed by atoms with E-state index in [9.17, 15) is 14.4 Å². The lowest BCUT2D eigenvalue weighted by atomic mass is 10.2. The molecule has 0 unspecified atom stereocenters. The zero-order chi connectivity index (χ0) is 20.7. The van der Waals surface area contributed by atoms with Gasteiger partial charge in [-0.05, 0) is 56.3 Å². The number of carbonyl (C=O) groups is 3. The largest absolute Gasteiger partial charge is 0.491 e. The molecule has 0 fully saturated rings. The number of amides is 3. The number of halogens is 2. The zero-order valence-corrected chi connectivity index (χ0v) is 16.7. The lowest BCUT2D eigenvalue weighted by molar-refractivity contribution is -0.120. The van der Waals surface area contributed by atoms with Crippen molar-refractivity contribution in [2.45, 2.75) is 20.0 Å². The third kappa shape index (κ3) is 6.44. The second-order valence-electron chi connectivity index (χ2n) is 6.00. The van der Waals surface area contributed by atoms with Gasteiger partial charge in [-0.25, -0.2) is 0 Å². The van der Waals surface area contributed by atoms with Gasteiger partial charge in [0.1, 0.15) is 5.75 Å². The van der Waals surface area contributed by atoms with Crippen LogP contribution in [0.4, 0.5) is 0 Å². The quantitative estimate of drug-likeness (QED) is 0.622. The Balaban J connectivity index is 1.80. The van der Waals surface area contributed by atoms with Crippen LogP contribution in [-0.4, -0.2) is 30.4 Å². The SMILES string of the molecule is CC(C)Oc1ccc(C(=O)NNC(=O)CNC(=O)c2ccc(Cl)cc2Cl)cc1. The van der Waals surface area contributed by atoms with Gasteiger partial charge in [0, 0.05) is 10.6 Å². The van der Waals surface area contributed by atoms with Gasteiger partial charge in [0.2, 0.25) is 0 Å². The van der Waals surface area contributed by atoms with Gasteiger partial charge in [0.25, 0.3) is 17.7 Å². The Morgan fingerprint density at radius 2 is 1.64 bits per heavy atom. The molecule has 7 nitrogen and oxygen atoms in total. The molecule has 3 N–H and O–H groups in total. The van der Waals surface area contributed by atoms with E-state index in [2.05, 4.69) is 16.2 Å². The van der Waals surface area contributed by atoms with E-state index < -0.39 is 17.7 Å². The molecule has 2 aromatic carbocycles. The molecule has 0 radical (unpaired) electrons. The molecule has 0 heterocycles. The summed E-state index contributed by atoms with van der Waals surface area (Å²) in [6, 6.07) is 10.9. The predicted molar refractivity (Wildman–Crippen MR) is 107 cm³/mol. The van der Waals surface area contributed by atoms with E-state index in [0.717, 1.165) is 0 Å². The highest BCUT2D eigenvalue weighted by Gasteiger charge is 2.13. The van der Waals surface area contributed by atoms with Crippen molar-refractivity contribution in [2.75, 3.05) is 6.54 Å². The summed E-state index contributed by atoms with van der Waals surface area (Å²) in [6.07, 6.45) is 0.0249. The molecule has 0 atom stereocenters. The zero-order valence-electron chi connectivity index (χ0n) is 15.2. The Labute approximate surface area is 172 Å². The van der Waals surface area contributed by atoms with Crippen molar-refractivity contribution < 1.29 is 19.1 Å². The van der Waals surface area contributed by atoms with E-state index in [1.165, 1.54) is 18.2 Å². The normalized spacial score (nSPS) is 10.3. The van der Waals surface area contributed by atoms with Gasteiger partial charge in [0.05, 0.1) is 23.2 Å². The van der Waals surface area contributed by atoms with Gasteiger partial charge >= 0.3 is 0 Å². The van der Waals surface area contributed by atoms with Crippen molar-refractivity contribution in [1.29, 1.82) is 0 Å². The van der Waals surface area contributed by atoms with Crippen LogP contribution in [0.25, 0.3) is 0 Å². The fourth-order valence-electron chi connectivity index (χ4n) is 2.13. The lowest BCUT2D eigenvalue weighted by Crippen LogP contribution is -2.46. The van der Waals surface area contributed by atoms with Crippen molar-refractivity contribution in [3.8, 4) is 5.75 Å². The van der Waals surface area contributed by atoms with Crippen molar-refractivity contribution in [2.24, 2.45) is 0 Å². The van der Waals surface area contributed by atoms with Gasteiger partial charge in [-0.1, -0.05) is 23.2 Å². The van der Waals surface area contributed by atoms with Crippen LogP contribution in [0.5, 0.6) is 5.75 Å². The van der Waals surface area contributed by atoms with E-state index in [1.54, 1.807) is 24.3 Å². The molecule has 3 amide bonds. The second kappa shape index (κ2) is 9.96. The van der Waals surface area contributed by atoms with Crippen molar-refractivity contribution in [1.82, 2.24) is 16.2 Å². The Morgan fingerprint density at radius 3 is 2.25 bits per heavy atom. The molecule has 0 bridgehead atoms. The molecule has 9 heteroatoms. The fourth-order valence-corrected chi connectivity index (χ4v) is 2.62. The highest BCUT2D eigenvalue weighted by Crippen LogP contribution is 2.20. The van der Waals surface area contributed by atoms with Gasteiger partial charge in [-0.15, -0.1) is 0 Å². The number of carbonyl (C=O) groups excluding carboxylic acids is 3. The lowest BCUT2D eigenvalue weighted by Gasteiger charge is -2.11. The van der Waals surface area contributed by atoms with Crippen molar-refractivity contribution >= 4 is 40.9 Å². The molecule has 2 rings (SSSR count). The minimum atomic E-state index is -0.605. The highest BCUT2D eigenvalue weighted by atomic mass is 35.5. The van der Waals surface area contributed by atoms with Crippen LogP contribution in [-0.2, 0) is 4.79 Å². The van der Waals surface area contributed by atoms with Crippen molar-refractivity contribution in [3.63, 3.8) is 0 Å². The topological polar surface area (TPSA) is 96.5 Å². The summed E-state index contributed by atoms with van der Waals surface area (Å²) in [4.78, 5) is 35.9. The third-order valence-corrected chi connectivity index (χ3v) is 3.94. The number of benzene rings is 2. The van der Waals surface area contributed by atoms with E-state index in [-0.39, 0.29) is 23.2 Å². The van der Waals surface area contributed by atoms with E-state index in [1.807, 2.05) is 13.8 Å². The van der Waals surface area contributed by atoms with Crippen LogP contribution in [0.3, 0.4) is 0 Å². The number of nitrogens with one attached hydrogen (secondary N) is 3. The Morgan fingerprint density at radius 1 is 0.964 bits per heavy atom. The average molecular weight is 424 g/mol. The summed E-state index contributed by atoms with van der Waals surface area (Å²) in [5.41, 5.74) is 5.01. The monoisotopic (exact) mass is 423 g/mol. The summed E-state index contributed by atoms with van der Waals surface area (Å²) in [5.74, 6) is -1.01. The summed E-state index contributed by atoms with van der Waals surface area (Å²) in [5, 5.41) is 2.97. The molecular formula is C19H19Cl2N3O4. The smallest absolute Gasteiger partial charge is 0.269 e. The number of hydrogen-bond acceptors (Lipinski definition) is 4. The third-order valence-electron chi connectivity index (χ3n) is 3.39. The van der Waals surface area contributed by atoms with Gasteiger partial charge < -0.3 is 10.1 Å². The number of rotatable bonds is 6. The van der Waals surface area contributed by atoms with E-state index in [0.29, 0.717) is 16.3 Å². The molecule has 2 aromatic rings. The Hall–Kier alpha value is -2.77. The van der Waals surface area contributed by atoms with E-state index in [4.69, 9.17) is 27.9 Å². The molecule has 28 heavy (non-hydrogen) atoms.